The molecule has 0 fully saturated rings. The predicted octanol–water partition coefficient (Wildman–Crippen LogP) is 4.51. The van der Waals surface area contributed by atoms with Gasteiger partial charge in [-0.05, 0) is 38.1 Å². The fourth-order valence-electron chi connectivity index (χ4n) is 1.93. The molecule has 0 saturated heterocycles. The second-order valence-electron chi connectivity index (χ2n) is 5.10. The molecule has 3 nitrogen and oxygen atoms in total. The first-order valence-electron chi connectivity index (χ1n) is 6.35. The lowest BCUT2D eigenvalue weighted by Gasteiger charge is -2.22. The summed E-state index contributed by atoms with van der Waals surface area (Å²) < 4.78 is 24.1. The number of ether oxygens (including phenoxy) is 2. The van der Waals surface area contributed by atoms with Crippen molar-refractivity contribution in [3.63, 3.8) is 0 Å². The molecule has 0 aliphatic heterocycles. The molecule has 0 aliphatic rings. The van der Waals surface area contributed by atoms with Gasteiger partial charge in [-0.25, -0.2) is 4.39 Å². The van der Waals surface area contributed by atoms with Crippen molar-refractivity contribution in [2.45, 2.75) is 19.4 Å². The number of methoxy groups -OCH3 is 1. The standard InChI is InChI=1S/C16H16ClFO3/c1-16(2,19)12-6-4-10(17)8-14(12)21-13-7-5-11(18)9-15(13)20-3/h4-9,19H,1-3H3. The number of halogens is 2. The van der Waals surface area contributed by atoms with E-state index in [4.69, 9.17) is 21.1 Å². The Morgan fingerprint density at radius 3 is 2.38 bits per heavy atom. The van der Waals surface area contributed by atoms with Crippen LogP contribution in [-0.4, -0.2) is 12.2 Å². The summed E-state index contributed by atoms with van der Waals surface area (Å²) in [6.07, 6.45) is 0. The molecule has 5 heteroatoms. The molecule has 2 aromatic rings. The maximum atomic E-state index is 13.2. The Morgan fingerprint density at radius 1 is 1.05 bits per heavy atom. The molecule has 0 spiro atoms. The minimum absolute atomic E-state index is 0.261. The van der Waals surface area contributed by atoms with Gasteiger partial charge in [0.2, 0.25) is 0 Å². The maximum Gasteiger partial charge on any atom is 0.169 e. The third-order valence-corrected chi connectivity index (χ3v) is 3.18. The van der Waals surface area contributed by atoms with E-state index in [0.29, 0.717) is 22.1 Å². The van der Waals surface area contributed by atoms with Crippen LogP contribution in [0.3, 0.4) is 0 Å². The van der Waals surface area contributed by atoms with E-state index < -0.39 is 11.4 Å². The van der Waals surface area contributed by atoms with E-state index in [1.165, 1.54) is 25.3 Å². The fourth-order valence-corrected chi connectivity index (χ4v) is 2.09. The average molecular weight is 311 g/mol. The Morgan fingerprint density at radius 2 is 1.76 bits per heavy atom. The first-order chi connectivity index (χ1) is 9.81. The van der Waals surface area contributed by atoms with Crippen LogP contribution in [0.1, 0.15) is 19.4 Å². The smallest absolute Gasteiger partial charge is 0.169 e. The SMILES string of the molecule is COc1cc(F)ccc1Oc1cc(Cl)ccc1C(C)(C)O. The summed E-state index contributed by atoms with van der Waals surface area (Å²) in [5.41, 5.74) is -0.536. The summed E-state index contributed by atoms with van der Waals surface area (Å²) in [6, 6.07) is 8.91. The van der Waals surface area contributed by atoms with Crippen molar-refractivity contribution in [2.24, 2.45) is 0 Å². The number of hydrogen-bond acceptors (Lipinski definition) is 3. The zero-order valence-corrected chi connectivity index (χ0v) is 12.7. The van der Waals surface area contributed by atoms with Gasteiger partial charge in [-0.15, -0.1) is 0 Å². The Hall–Kier alpha value is -1.78. The van der Waals surface area contributed by atoms with E-state index >= 15 is 0 Å². The van der Waals surface area contributed by atoms with Crippen LogP contribution in [0, 0.1) is 5.82 Å². The summed E-state index contributed by atoms with van der Waals surface area (Å²) in [4.78, 5) is 0. The quantitative estimate of drug-likeness (QED) is 0.903. The molecule has 0 aliphatic carbocycles. The molecule has 2 rings (SSSR count). The van der Waals surface area contributed by atoms with E-state index in [0.717, 1.165) is 0 Å². The van der Waals surface area contributed by atoms with Crippen LogP contribution in [0.25, 0.3) is 0 Å². The average Bonchev–Trinajstić information content (AvgIpc) is 2.39. The third-order valence-electron chi connectivity index (χ3n) is 2.95. The van der Waals surface area contributed by atoms with Gasteiger partial charge in [0.25, 0.3) is 0 Å². The lowest BCUT2D eigenvalue weighted by Crippen LogP contribution is -2.16. The first kappa shape index (κ1) is 15.6. The number of hydrogen-bond donors (Lipinski definition) is 1. The van der Waals surface area contributed by atoms with Gasteiger partial charge in [0.05, 0.1) is 12.7 Å². The molecule has 0 atom stereocenters. The summed E-state index contributed by atoms with van der Waals surface area (Å²) >= 11 is 5.98. The molecular weight excluding hydrogens is 295 g/mol. The van der Waals surface area contributed by atoms with Gasteiger partial charge in [-0.2, -0.15) is 0 Å². The van der Waals surface area contributed by atoms with Gasteiger partial charge in [0.1, 0.15) is 11.6 Å². The Bertz CT molecular complexity index is 650. The van der Waals surface area contributed by atoms with Gasteiger partial charge in [-0.3, -0.25) is 0 Å². The van der Waals surface area contributed by atoms with E-state index in [1.54, 1.807) is 32.0 Å². The third kappa shape index (κ3) is 3.65. The molecule has 1 N–H and O–H groups in total. The van der Waals surface area contributed by atoms with Crippen LogP contribution in [0.5, 0.6) is 17.2 Å². The zero-order chi connectivity index (χ0) is 15.6. The molecule has 0 unspecified atom stereocenters. The molecular formula is C16H16ClFO3. The Balaban J connectivity index is 2.46. The molecule has 112 valence electrons. The fraction of sp³-hybridized carbons (Fsp3) is 0.250. The molecule has 0 saturated carbocycles. The van der Waals surface area contributed by atoms with Crippen molar-refractivity contribution in [1.82, 2.24) is 0 Å². The van der Waals surface area contributed by atoms with E-state index in [2.05, 4.69) is 0 Å². The van der Waals surface area contributed by atoms with Crippen molar-refractivity contribution in [1.29, 1.82) is 0 Å². The second-order valence-corrected chi connectivity index (χ2v) is 5.53. The van der Waals surface area contributed by atoms with Gasteiger partial charge >= 0.3 is 0 Å². The molecule has 0 amide bonds. The summed E-state index contributed by atoms with van der Waals surface area (Å²) in [7, 11) is 1.43. The van der Waals surface area contributed by atoms with Crippen molar-refractivity contribution >= 4 is 11.6 Å². The molecule has 0 bridgehead atoms. The highest BCUT2D eigenvalue weighted by Gasteiger charge is 2.22. The van der Waals surface area contributed by atoms with Crippen LogP contribution in [0.4, 0.5) is 4.39 Å². The van der Waals surface area contributed by atoms with E-state index in [-0.39, 0.29) is 5.75 Å². The normalized spacial score (nSPS) is 11.3. The number of aliphatic hydroxyl groups is 1. The molecule has 2 aromatic carbocycles. The van der Waals surface area contributed by atoms with Crippen molar-refractivity contribution in [3.8, 4) is 17.2 Å². The highest BCUT2D eigenvalue weighted by molar-refractivity contribution is 6.30. The maximum absolute atomic E-state index is 13.2. The van der Waals surface area contributed by atoms with Gasteiger partial charge in [0, 0.05) is 16.7 Å². The van der Waals surface area contributed by atoms with E-state index in [1.807, 2.05) is 0 Å². The highest BCUT2D eigenvalue weighted by Crippen LogP contribution is 2.38. The minimum Gasteiger partial charge on any atom is -0.493 e. The highest BCUT2D eigenvalue weighted by atomic mass is 35.5. The topological polar surface area (TPSA) is 38.7 Å². The van der Waals surface area contributed by atoms with Crippen LogP contribution < -0.4 is 9.47 Å². The Labute approximate surface area is 127 Å². The summed E-state index contributed by atoms with van der Waals surface area (Å²) in [5.74, 6) is 0.566. The second kappa shape index (κ2) is 5.92. The molecule has 0 radical (unpaired) electrons. The molecule has 0 aromatic heterocycles. The molecule has 21 heavy (non-hydrogen) atoms. The van der Waals surface area contributed by atoms with Crippen molar-refractivity contribution in [3.05, 3.63) is 52.8 Å². The largest absolute Gasteiger partial charge is 0.493 e. The summed E-state index contributed by atoms with van der Waals surface area (Å²) in [5, 5.41) is 10.7. The Kier molecular flexibility index (Phi) is 4.40. The lowest BCUT2D eigenvalue weighted by molar-refractivity contribution is 0.0762. The van der Waals surface area contributed by atoms with Crippen molar-refractivity contribution in [2.75, 3.05) is 7.11 Å². The van der Waals surface area contributed by atoms with Crippen LogP contribution in [-0.2, 0) is 5.60 Å². The van der Waals surface area contributed by atoms with Crippen molar-refractivity contribution < 1.29 is 19.0 Å². The van der Waals surface area contributed by atoms with Crippen LogP contribution in [0.15, 0.2) is 36.4 Å². The lowest BCUT2D eigenvalue weighted by atomic mass is 9.97. The monoisotopic (exact) mass is 310 g/mol. The van der Waals surface area contributed by atoms with Gasteiger partial charge in [0.15, 0.2) is 11.5 Å². The first-order valence-corrected chi connectivity index (χ1v) is 6.73. The number of rotatable bonds is 4. The van der Waals surface area contributed by atoms with Crippen LogP contribution >= 0.6 is 11.6 Å². The van der Waals surface area contributed by atoms with Gasteiger partial charge < -0.3 is 14.6 Å². The number of benzene rings is 2. The molecule has 0 heterocycles. The van der Waals surface area contributed by atoms with E-state index in [9.17, 15) is 9.50 Å². The predicted molar refractivity (Wildman–Crippen MR) is 79.7 cm³/mol. The van der Waals surface area contributed by atoms with Gasteiger partial charge in [-0.1, -0.05) is 17.7 Å². The van der Waals surface area contributed by atoms with Crippen LogP contribution in [0.2, 0.25) is 5.02 Å². The zero-order valence-electron chi connectivity index (χ0n) is 12.0. The minimum atomic E-state index is -1.10. The summed E-state index contributed by atoms with van der Waals surface area (Å²) in [6.45, 7) is 3.29.